The number of thiophene rings is 1. The molecule has 2 aromatic rings. The van der Waals surface area contributed by atoms with E-state index in [0.717, 1.165) is 15.0 Å². The van der Waals surface area contributed by atoms with Crippen molar-refractivity contribution in [1.82, 2.24) is 9.13 Å². The molecule has 0 atom stereocenters. The van der Waals surface area contributed by atoms with Gasteiger partial charge >= 0.3 is 11.7 Å². The third kappa shape index (κ3) is 2.69. The van der Waals surface area contributed by atoms with Crippen molar-refractivity contribution in [3.63, 3.8) is 0 Å². The van der Waals surface area contributed by atoms with Gasteiger partial charge in [-0.25, -0.2) is 4.79 Å². The summed E-state index contributed by atoms with van der Waals surface area (Å²) in [5, 5.41) is 0.512. The molecule has 0 unspecified atom stereocenters. The van der Waals surface area contributed by atoms with Gasteiger partial charge in [0.15, 0.2) is 0 Å². The van der Waals surface area contributed by atoms with Crippen LogP contribution in [-0.2, 0) is 40.9 Å². The average molecular weight is 352 g/mol. The Labute approximate surface area is 142 Å². The summed E-state index contributed by atoms with van der Waals surface area (Å²) in [6, 6.07) is 0. The predicted molar refractivity (Wildman–Crippen MR) is 90.5 cm³/mol. The Bertz CT molecular complexity index is 935. The number of ether oxygens (including phenoxy) is 2. The van der Waals surface area contributed by atoms with E-state index in [1.54, 1.807) is 6.92 Å². The first-order valence-electron chi connectivity index (χ1n) is 7.79. The monoisotopic (exact) mass is 352 g/mol. The second-order valence-corrected chi connectivity index (χ2v) is 7.53. The number of aromatic nitrogens is 2. The topological polar surface area (TPSA) is 79.5 Å². The summed E-state index contributed by atoms with van der Waals surface area (Å²) < 4.78 is 13.1. The molecule has 3 heterocycles. The van der Waals surface area contributed by atoms with Gasteiger partial charge in [-0.15, -0.1) is 11.3 Å². The van der Waals surface area contributed by atoms with Crippen LogP contribution in [0.4, 0.5) is 0 Å². The Morgan fingerprint density at radius 2 is 2.08 bits per heavy atom. The van der Waals surface area contributed by atoms with Crippen molar-refractivity contribution < 1.29 is 14.3 Å². The highest BCUT2D eigenvalue weighted by atomic mass is 32.1. The van der Waals surface area contributed by atoms with E-state index in [9.17, 15) is 14.4 Å². The Morgan fingerprint density at radius 3 is 2.75 bits per heavy atom. The summed E-state index contributed by atoms with van der Waals surface area (Å²) in [6.07, 6.45) is 0.592. The maximum Gasteiger partial charge on any atom is 0.332 e. The summed E-state index contributed by atoms with van der Waals surface area (Å²) in [6.45, 7) is 6.09. The number of nitrogens with zero attached hydrogens (tertiary/aromatic N) is 2. The molecule has 24 heavy (non-hydrogen) atoms. The van der Waals surface area contributed by atoms with Crippen LogP contribution in [0.3, 0.4) is 0 Å². The van der Waals surface area contributed by atoms with Gasteiger partial charge in [0.1, 0.15) is 11.4 Å². The Kier molecular flexibility index (Phi) is 4.13. The van der Waals surface area contributed by atoms with E-state index in [1.165, 1.54) is 23.0 Å². The second-order valence-electron chi connectivity index (χ2n) is 6.45. The second kappa shape index (κ2) is 5.86. The Balaban J connectivity index is 2.27. The molecule has 7 nitrogen and oxygen atoms in total. The number of carbonyl (C=O) groups is 1. The molecule has 0 fully saturated rings. The lowest BCUT2D eigenvalue weighted by Crippen LogP contribution is -2.39. The Hall–Kier alpha value is -1.93. The van der Waals surface area contributed by atoms with Crippen molar-refractivity contribution in [3.8, 4) is 0 Å². The van der Waals surface area contributed by atoms with Gasteiger partial charge in [0.25, 0.3) is 5.56 Å². The van der Waals surface area contributed by atoms with Crippen molar-refractivity contribution in [2.75, 3.05) is 6.61 Å². The summed E-state index contributed by atoms with van der Waals surface area (Å²) in [4.78, 5) is 38.4. The standard InChI is InChI=1S/C16H20N2O5S/c1-5-22-11(19)7-18-14-12(13(20)17(4)15(18)21)9-6-16(2,3)23-8-10(9)24-14/h5-8H2,1-4H3. The van der Waals surface area contributed by atoms with Crippen LogP contribution >= 0.6 is 11.3 Å². The van der Waals surface area contributed by atoms with Crippen LogP contribution in [0, 0.1) is 0 Å². The fourth-order valence-electron chi connectivity index (χ4n) is 2.95. The molecule has 0 bridgehead atoms. The van der Waals surface area contributed by atoms with E-state index in [1.807, 2.05) is 13.8 Å². The number of rotatable bonds is 3. The van der Waals surface area contributed by atoms with Crippen molar-refractivity contribution in [2.45, 2.75) is 45.9 Å². The number of esters is 1. The van der Waals surface area contributed by atoms with E-state index in [2.05, 4.69) is 0 Å². The van der Waals surface area contributed by atoms with E-state index in [0.29, 0.717) is 23.2 Å². The SMILES string of the molecule is CCOC(=O)Cn1c(=O)n(C)c(=O)c2c3c(sc21)COC(C)(C)C3. The lowest BCUT2D eigenvalue weighted by Gasteiger charge is -2.29. The first-order chi connectivity index (χ1) is 11.2. The predicted octanol–water partition coefficient (Wildman–Crippen LogP) is 1.18. The van der Waals surface area contributed by atoms with Crippen LogP contribution in [0.2, 0.25) is 0 Å². The van der Waals surface area contributed by atoms with Gasteiger partial charge in [-0.05, 0) is 26.3 Å². The van der Waals surface area contributed by atoms with Crippen LogP contribution < -0.4 is 11.2 Å². The minimum Gasteiger partial charge on any atom is -0.465 e. The molecule has 0 saturated carbocycles. The van der Waals surface area contributed by atoms with Crippen LogP contribution in [0.1, 0.15) is 31.2 Å². The van der Waals surface area contributed by atoms with Gasteiger partial charge in [0, 0.05) is 18.3 Å². The van der Waals surface area contributed by atoms with Crippen LogP contribution in [0.15, 0.2) is 9.59 Å². The van der Waals surface area contributed by atoms with Crippen LogP contribution in [0.25, 0.3) is 10.2 Å². The van der Waals surface area contributed by atoms with Crippen LogP contribution in [-0.4, -0.2) is 27.3 Å². The zero-order valence-corrected chi connectivity index (χ0v) is 15.0. The quantitative estimate of drug-likeness (QED) is 0.775. The molecule has 0 amide bonds. The molecule has 0 spiro atoms. The molecule has 0 aromatic carbocycles. The molecule has 2 aromatic heterocycles. The number of carbonyl (C=O) groups excluding carboxylic acids is 1. The van der Waals surface area contributed by atoms with E-state index >= 15 is 0 Å². The largest absolute Gasteiger partial charge is 0.465 e. The third-order valence-corrected chi connectivity index (χ3v) is 5.37. The lowest BCUT2D eigenvalue weighted by molar-refractivity contribution is -0.143. The zero-order chi connectivity index (χ0) is 17.6. The normalized spacial score (nSPS) is 16.2. The number of hydrogen-bond donors (Lipinski definition) is 0. The lowest BCUT2D eigenvalue weighted by atomic mass is 9.94. The van der Waals surface area contributed by atoms with Gasteiger partial charge in [-0.1, -0.05) is 0 Å². The van der Waals surface area contributed by atoms with Crippen molar-refractivity contribution in [3.05, 3.63) is 31.3 Å². The molecule has 1 aliphatic rings. The first kappa shape index (κ1) is 16.9. The summed E-state index contributed by atoms with van der Waals surface area (Å²) in [7, 11) is 1.43. The highest BCUT2D eigenvalue weighted by molar-refractivity contribution is 7.18. The summed E-state index contributed by atoms with van der Waals surface area (Å²) in [5.74, 6) is -0.498. The molecule has 8 heteroatoms. The fourth-order valence-corrected chi connectivity index (χ4v) is 4.16. The van der Waals surface area contributed by atoms with E-state index in [-0.39, 0.29) is 24.3 Å². The van der Waals surface area contributed by atoms with Gasteiger partial charge in [0.05, 0.1) is 24.2 Å². The molecular formula is C16H20N2O5S. The Morgan fingerprint density at radius 1 is 1.38 bits per heavy atom. The summed E-state index contributed by atoms with van der Waals surface area (Å²) >= 11 is 1.34. The molecule has 3 rings (SSSR count). The molecular weight excluding hydrogens is 332 g/mol. The maximum atomic E-state index is 12.7. The zero-order valence-electron chi connectivity index (χ0n) is 14.2. The van der Waals surface area contributed by atoms with Crippen molar-refractivity contribution >= 4 is 27.5 Å². The highest BCUT2D eigenvalue weighted by Crippen LogP contribution is 2.37. The van der Waals surface area contributed by atoms with E-state index < -0.39 is 11.7 Å². The molecule has 0 N–H and O–H groups in total. The highest BCUT2D eigenvalue weighted by Gasteiger charge is 2.31. The van der Waals surface area contributed by atoms with Gasteiger partial charge < -0.3 is 9.47 Å². The molecule has 0 saturated heterocycles. The minimum atomic E-state index is -0.515. The summed E-state index contributed by atoms with van der Waals surface area (Å²) in [5.41, 5.74) is -0.289. The third-order valence-electron chi connectivity index (χ3n) is 4.14. The molecule has 1 aliphatic heterocycles. The fraction of sp³-hybridized carbons (Fsp3) is 0.562. The maximum absolute atomic E-state index is 12.7. The minimum absolute atomic E-state index is 0.207. The van der Waals surface area contributed by atoms with Gasteiger partial charge in [-0.3, -0.25) is 18.7 Å². The molecule has 0 radical (unpaired) electrons. The van der Waals surface area contributed by atoms with Crippen molar-refractivity contribution in [1.29, 1.82) is 0 Å². The molecule has 0 aliphatic carbocycles. The smallest absolute Gasteiger partial charge is 0.332 e. The van der Waals surface area contributed by atoms with Gasteiger partial charge in [-0.2, -0.15) is 0 Å². The van der Waals surface area contributed by atoms with Crippen molar-refractivity contribution in [2.24, 2.45) is 7.05 Å². The van der Waals surface area contributed by atoms with E-state index in [4.69, 9.17) is 9.47 Å². The molecule has 130 valence electrons. The van der Waals surface area contributed by atoms with Crippen LogP contribution in [0.5, 0.6) is 0 Å². The first-order valence-corrected chi connectivity index (χ1v) is 8.60. The number of fused-ring (bicyclic) bond motifs is 3. The number of hydrogen-bond acceptors (Lipinski definition) is 6. The average Bonchev–Trinajstić information content (AvgIpc) is 2.87. The van der Waals surface area contributed by atoms with Gasteiger partial charge in [0.2, 0.25) is 0 Å².